The van der Waals surface area contributed by atoms with E-state index >= 15 is 0 Å². The van der Waals surface area contributed by atoms with Gasteiger partial charge in [0.05, 0.1) is 0 Å². The second-order valence-corrected chi connectivity index (χ2v) is 2.52. The maximum atomic E-state index is 10.1. The molecule has 0 saturated carbocycles. The Bertz CT molecular complexity index is 298. The Morgan fingerprint density at radius 1 is 1.42 bits per heavy atom. The predicted octanol–water partition coefficient (Wildman–Crippen LogP) is 1.93. The number of phenolic OH excluding ortho intramolecular Hbond substituents is 2. The third-order valence-electron chi connectivity index (χ3n) is 1.62. The summed E-state index contributed by atoms with van der Waals surface area (Å²) < 4.78 is 0. The standard InChI is InChI=1S/C8H9NO3/c1-5(9-12)7-4-6(10)2-3-8(7)11/h2-5,10-11H,1H3. The number of phenols is 2. The summed E-state index contributed by atoms with van der Waals surface area (Å²) in [5.41, 5.74) is 0.338. The van der Waals surface area contributed by atoms with E-state index in [2.05, 4.69) is 5.18 Å². The zero-order valence-corrected chi connectivity index (χ0v) is 6.56. The average Bonchev–Trinajstić information content (AvgIpc) is 2.08. The molecule has 1 aromatic carbocycles. The number of nitroso groups, excluding NO2 is 1. The van der Waals surface area contributed by atoms with Crippen LogP contribution in [-0.4, -0.2) is 10.2 Å². The van der Waals surface area contributed by atoms with Crippen LogP contribution in [0.1, 0.15) is 18.5 Å². The van der Waals surface area contributed by atoms with Crippen LogP contribution in [0, 0.1) is 4.91 Å². The summed E-state index contributed by atoms with van der Waals surface area (Å²) in [5.74, 6) is -0.0156. The van der Waals surface area contributed by atoms with Gasteiger partial charge in [0.1, 0.15) is 17.5 Å². The van der Waals surface area contributed by atoms with Crippen molar-refractivity contribution in [3.8, 4) is 11.5 Å². The Kier molecular flexibility index (Phi) is 2.28. The van der Waals surface area contributed by atoms with E-state index in [1.54, 1.807) is 6.92 Å². The minimum absolute atomic E-state index is 0.0123. The molecule has 0 spiro atoms. The summed E-state index contributed by atoms with van der Waals surface area (Å²) in [4.78, 5) is 10.1. The van der Waals surface area contributed by atoms with Crippen molar-refractivity contribution in [2.45, 2.75) is 13.0 Å². The van der Waals surface area contributed by atoms with E-state index in [-0.39, 0.29) is 11.5 Å². The molecule has 1 unspecified atom stereocenters. The molecule has 0 aliphatic heterocycles. The number of nitrogens with zero attached hydrogens (tertiary/aromatic N) is 1. The molecule has 0 fully saturated rings. The lowest BCUT2D eigenvalue weighted by atomic mass is 10.1. The van der Waals surface area contributed by atoms with Crippen LogP contribution in [0.3, 0.4) is 0 Å². The van der Waals surface area contributed by atoms with Crippen molar-refractivity contribution in [2.75, 3.05) is 0 Å². The van der Waals surface area contributed by atoms with Crippen molar-refractivity contribution in [3.63, 3.8) is 0 Å². The lowest BCUT2D eigenvalue weighted by Crippen LogP contribution is -1.88. The molecule has 1 rings (SSSR count). The fraction of sp³-hybridized carbons (Fsp3) is 0.250. The fourth-order valence-electron chi connectivity index (χ4n) is 0.933. The fourth-order valence-corrected chi connectivity index (χ4v) is 0.933. The number of benzene rings is 1. The number of hydrogen-bond acceptors (Lipinski definition) is 4. The highest BCUT2D eigenvalue weighted by Crippen LogP contribution is 2.29. The normalized spacial score (nSPS) is 12.4. The van der Waals surface area contributed by atoms with E-state index < -0.39 is 6.04 Å². The van der Waals surface area contributed by atoms with Crippen LogP contribution in [-0.2, 0) is 0 Å². The van der Waals surface area contributed by atoms with E-state index in [1.165, 1.54) is 18.2 Å². The third kappa shape index (κ3) is 1.53. The molecule has 0 aliphatic carbocycles. The molecular formula is C8H9NO3. The molecule has 0 bridgehead atoms. The van der Waals surface area contributed by atoms with E-state index in [0.29, 0.717) is 5.56 Å². The molecule has 1 aromatic rings. The smallest absolute Gasteiger partial charge is 0.121 e. The zero-order chi connectivity index (χ0) is 9.14. The first-order chi connectivity index (χ1) is 5.65. The SMILES string of the molecule is CC(N=O)c1cc(O)ccc1O. The van der Waals surface area contributed by atoms with Gasteiger partial charge in [0.25, 0.3) is 0 Å². The Hall–Kier alpha value is -1.58. The molecule has 4 nitrogen and oxygen atoms in total. The monoisotopic (exact) mass is 167 g/mol. The van der Waals surface area contributed by atoms with Crippen LogP contribution in [0.15, 0.2) is 23.4 Å². The highest BCUT2D eigenvalue weighted by atomic mass is 16.3. The maximum absolute atomic E-state index is 10.1. The van der Waals surface area contributed by atoms with Crippen molar-refractivity contribution in [2.24, 2.45) is 5.18 Å². The van der Waals surface area contributed by atoms with Crippen molar-refractivity contribution in [1.29, 1.82) is 0 Å². The van der Waals surface area contributed by atoms with E-state index in [4.69, 9.17) is 5.11 Å². The lowest BCUT2D eigenvalue weighted by molar-refractivity contribution is 0.450. The summed E-state index contributed by atoms with van der Waals surface area (Å²) in [6.45, 7) is 1.54. The second kappa shape index (κ2) is 3.21. The Labute approximate surface area is 69.4 Å². The molecule has 4 heteroatoms. The predicted molar refractivity (Wildman–Crippen MR) is 44.0 cm³/mol. The second-order valence-electron chi connectivity index (χ2n) is 2.52. The van der Waals surface area contributed by atoms with Gasteiger partial charge in [-0.15, -0.1) is 0 Å². The van der Waals surface area contributed by atoms with Crippen molar-refractivity contribution in [3.05, 3.63) is 28.7 Å². The molecule has 0 aliphatic rings. The van der Waals surface area contributed by atoms with Crippen LogP contribution < -0.4 is 0 Å². The van der Waals surface area contributed by atoms with Gasteiger partial charge >= 0.3 is 0 Å². The van der Waals surface area contributed by atoms with Gasteiger partial charge < -0.3 is 10.2 Å². The van der Waals surface area contributed by atoms with Crippen molar-refractivity contribution >= 4 is 0 Å². The third-order valence-corrected chi connectivity index (χ3v) is 1.62. The molecular weight excluding hydrogens is 158 g/mol. The van der Waals surface area contributed by atoms with Gasteiger partial charge in [0, 0.05) is 5.56 Å². The maximum Gasteiger partial charge on any atom is 0.121 e. The lowest BCUT2D eigenvalue weighted by Gasteiger charge is -2.05. The quantitative estimate of drug-likeness (QED) is 0.522. The first-order valence-corrected chi connectivity index (χ1v) is 3.49. The Morgan fingerprint density at radius 3 is 2.67 bits per heavy atom. The summed E-state index contributed by atoms with van der Waals surface area (Å²) in [5, 5.41) is 21.0. The Morgan fingerprint density at radius 2 is 2.08 bits per heavy atom. The van der Waals surface area contributed by atoms with Crippen LogP contribution in [0.2, 0.25) is 0 Å². The minimum atomic E-state index is -0.642. The van der Waals surface area contributed by atoms with Gasteiger partial charge in [0.15, 0.2) is 0 Å². The number of hydrogen-bond donors (Lipinski definition) is 2. The van der Waals surface area contributed by atoms with E-state index in [0.717, 1.165) is 0 Å². The van der Waals surface area contributed by atoms with Gasteiger partial charge in [-0.1, -0.05) is 5.18 Å². The largest absolute Gasteiger partial charge is 0.508 e. The molecule has 12 heavy (non-hydrogen) atoms. The highest BCUT2D eigenvalue weighted by molar-refractivity contribution is 5.40. The van der Waals surface area contributed by atoms with Crippen molar-refractivity contribution < 1.29 is 10.2 Å². The van der Waals surface area contributed by atoms with Gasteiger partial charge in [-0.3, -0.25) is 0 Å². The highest BCUT2D eigenvalue weighted by Gasteiger charge is 2.10. The molecule has 0 radical (unpaired) electrons. The topological polar surface area (TPSA) is 69.9 Å². The molecule has 2 N–H and O–H groups in total. The first-order valence-electron chi connectivity index (χ1n) is 3.49. The van der Waals surface area contributed by atoms with Gasteiger partial charge in [-0.25, -0.2) is 0 Å². The van der Waals surface area contributed by atoms with Crippen LogP contribution in [0.5, 0.6) is 11.5 Å². The van der Waals surface area contributed by atoms with Gasteiger partial charge in [-0.2, -0.15) is 4.91 Å². The first kappa shape index (κ1) is 8.52. The molecule has 0 amide bonds. The van der Waals surface area contributed by atoms with Crippen molar-refractivity contribution in [1.82, 2.24) is 0 Å². The Balaban J connectivity index is 3.12. The molecule has 0 heterocycles. The summed E-state index contributed by atoms with van der Waals surface area (Å²) >= 11 is 0. The van der Waals surface area contributed by atoms with E-state index in [1.807, 2.05) is 0 Å². The summed E-state index contributed by atoms with van der Waals surface area (Å²) in [7, 11) is 0. The average molecular weight is 167 g/mol. The van der Waals surface area contributed by atoms with Crippen LogP contribution >= 0.6 is 0 Å². The van der Waals surface area contributed by atoms with Gasteiger partial charge in [-0.05, 0) is 25.1 Å². The number of aromatic hydroxyl groups is 2. The van der Waals surface area contributed by atoms with Crippen LogP contribution in [0.4, 0.5) is 0 Å². The number of rotatable bonds is 2. The summed E-state index contributed by atoms with van der Waals surface area (Å²) in [6.07, 6.45) is 0. The summed E-state index contributed by atoms with van der Waals surface area (Å²) in [6, 6.07) is 3.35. The molecule has 0 aromatic heterocycles. The van der Waals surface area contributed by atoms with E-state index in [9.17, 15) is 10.0 Å². The molecule has 1 atom stereocenters. The minimum Gasteiger partial charge on any atom is -0.508 e. The molecule has 0 saturated heterocycles. The zero-order valence-electron chi connectivity index (χ0n) is 6.56. The van der Waals surface area contributed by atoms with Gasteiger partial charge in [0.2, 0.25) is 0 Å². The molecule has 64 valence electrons. The van der Waals surface area contributed by atoms with Crippen LogP contribution in [0.25, 0.3) is 0 Å².